The molecule has 0 unspecified atom stereocenters. The summed E-state index contributed by atoms with van der Waals surface area (Å²) in [6.07, 6.45) is 6.52. The number of nitrogens with one attached hydrogen (secondary N) is 4. The van der Waals surface area contributed by atoms with E-state index in [2.05, 4.69) is 60.4 Å². The Morgan fingerprint density at radius 1 is 1.00 bits per heavy atom. The number of carbonyl (C=O) groups excluding carboxylic acids is 3. The largest absolute Gasteiger partial charge is 0.494 e. The van der Waals surface area contributed by atoms with Gasteiger partial charge in [0.1, 0.15) is 30.0 Å². The molecule has 2 saturated heterocycles. The van der Waals surface area contributed by atoms with Crippen LogP contribution >= 0.6 is 0 Å². The van der Waals surface area contributed by atoms with Crippen molar-refractivity contribution < 1.29 is 19.1 Å². The van der Waals surface area contributed by atoms with Crippen molar-refractivity contribution in [2.24, 2.45) is 5.41 Å². The van der Waals surface area contributed by atoms with E-state index in [1.165, 1.54) is 38.3 Å². The minimum Gasteiger partial charge on any atom is -0.494 e. The highest BCUT2D eigenvalue weighted by atomic mass is 16.5. The van der Waals surface area contributed by atoms with Crippen LogP contribution in [0.1, 0.15) is 65.4 Å². The fraction of sp³-hybridized carbons (Fsp3) is 0.528. The SMILES string of the molecule is CN[C@@H](C)C(=O)N[C@H](C(=O)N1CCC[C@H]1C(=O)Nc1cc2c(Nc3ccc(CN4CCCCC4)cc3)ncnc2cc1OC)C(C)(C)C. The number of rotatable bonds is 11. The van der Waals surface area contributed by atoms with Gasteiger partial charge in [-0.25, -0.2) is 9.97 Å². The highest BCUT2D eigenvalue weighted by molar-refractivity contribution is 6.03. The lowest BCUT2D eigenvalue weighted by atomic mass is 9.85. The van der Waals surface area contributed by atoms with Crippen LogP contribution in [0.25, 0.3) is 10.9 Å². The zero-order valence-electron chi connectivity index (χ0n) is 29.1. The van der Waals surface area contributed by atoms with Gasteiger partial charge in [-0.2, -0.15) is 0 Å². The molecule has 48 heavy (non-hydrogen) atoms. The maximum absolute atomic E-state index is 13.9. The normalized spacial score (nSPS) is 18.3. The lowest BCUT2D eigenvalue weighted by Crippen LogP contribution is -2.59. The summed E-state index contributed by atoms with van der Waals surface area (Å²) in [6, 6.07) is 10.00. The minimum atomic E-state index is -0.797. The van der Waals surface area contributed by atoms with Crippen molar-refractivity contribution >= 4 is 45.8 Å². The highest BCUT2D eigenvalue weighted by Crippen LogP contribution is 2.34. The molecule has 5 rings (SSSR count). The second-order valence-corrected chi connectivity index (χ2v) is 13.9. The highest BCUT2D eigenvalue weighted by Gasteiger charge is 2.42. The van der Waals surface area contributed by atoms with E-state index in [1.807, 2.05) is 20.8 Å². The van der Waals surface area contributed by atoms with Gasteiger partial charge in [-0.05, 0) is 81.9 Å². The van der Waals surface area contributed by atoms with E-state index in [9.17, 15) is 14.4 Å². The Bertz CT molecular complexity index is 1600. The van der Waals surface area contributed by atoms with Gasteiger partial charge in [0.05, 0.1) is 24.4 Å². The molecule has 2 aliphatic heterocycles. The van der Waals surface area contributed by atoms with Crippen LogP contribution in [0.3, 0.4) is 0 Å². The average molecular weight is 659 g/mol. The topological polar surface area (TPSA) is 141 Å². The first-order valence-electron chi connectivity index (χ1n) is 17.0. The Kier molecular flexibility index (Phi) is 11.2. The molecule has 3 atom stereocenters. The first-order valence-corrected chi connectivity index (χ1v) is 17.0. The van der Waals surface area contributed by atoms with Crippen LogP contribution in [0.4, 0.5) is 17.2 Å². The lowest BCUT2D eigenvalue weighted by molar-refractivity contribution is -0.143. The number of anilines is 3. The minimum absolute atomic E-state index is 0.271. The number of benzene rings is 2. The molecule has 3 amide bonds. The smallest absolute Gasteiger partial charge is 0.247 e. The van der Waals surface area contributed by atoms with Gasteiger partial charge in [-0.1, -0.05) is 39.3 Å². The third-order valence-corrected chi connectivity index (χ3v) is 9.35. The predicted molar refractivity (Wildman–Crippen MR) is 188 cm³/mol. The van der Waals surface area contributed by atoms with Gasteiger partial charge in [-0.15, -0.1) is 0 Å². The van der Waals surface area contributed by atoms with Crippen LogP contribution in [0.15, 0.2) is 42.7 Å². The van der Waals surface area contributed by atoms with Gasteiger partial charge in [0.25, 0.3) is 0 Å². The van der Waals surface area contributed by atoms with Crippen molar-refractivity contribution in [3.63, 3.8) is 0 Å². The van der Waals surface area contributed by atoms with Gasteiger partial charge < -0.3 is 30.9 Å². The molecule has 12 nitrogen and oxygen atoms in total. The quantitative estimate of drug-likeness (QED) is 0.235. The van der Waals surface area contributed by atoms with E-state index in [0.717, 1.165) is 25.3 Å². The van der Waals surface area contributed by atoms with Gasteiger partial charge in [0, 0.05) is 30.2 Å². The molecular formula is C36H50N8O4. The molecule has 2 aromatic carbocycles. The van der Waals surface area contributed by atoms with Crippen LogP contribution in [-0.2, 0) is 20.9 Å². The summed E-state index contributed by atoms with van der Waals surface area (Å²) in [5.41, 5.74) is 2.70. The number of hydrogen-bond donors (Lipinski definition) is 4. The van der Waals surface area contributed by atoms with Crippen molar-refractivity contribution in [3.8, 4) is 5.75 Å². The van der Waals surface area contributed by atoms with E-state index in [0.29, 0.717) is 47.5 Å². The molecule has 0 saturated carbocycles. The summed E-state index contributed by atoms with van der Waals surface area (Å²) in [4.78, 5) is 53.5. The van der Waals surface area contributed by atoms with Crippen LogP contribution in [0.5, 0.6) is 5.75 Å². The Labute approximate surface area is 283 Å². The van der Waals surface area contributed by atoms with E-state index < -0.39 is 23.5 Å². The number of nitrogens with zero attached hydrogens (tertiary/aromatic N) is 4. The molecular weight excluding hydrogens is 608 g/mol. The summed E-state index contributed by atoms with van der Waals surface area (Å²) < 4.78 is 5.65. The molecule has 3 aromatic rings. The summed E-state index contributed by atoms with van der Waals surface area (Å²) in [6.45, 7) is 11.1. The summed E-state index contributed by atoms with van der Waals surface area (Å²) in [5, 5.41) is 13.0. The number of methoxy groups -OCH3 is 1. The number of aromatic nitrogens is 2. The molecule has 258 valence electrons. The Morgan fingerprint density at radius 3 is 2.40 bits per heavy atom. The Morgan fingerprint density at radius 2 is 1.73 bits per heavy atom. The number of piperidine rings is 1. The van der Waals surface area contributed by atoms with Crippen LogP contribution in [-0.4, -0.2) is 89.4 Å². The number of hydrogen-bond acceptors (Lipinski definition) is 9. The lowest BCUT2D eigenvalue weighted by Gasteiger charge is -2.36. The van der Waals surface area contributed by atoms with E-state index in [-0.39, 0.29) is 17.7 Å². The molecule has 3 heterocycles. The number of carbonyl (C=O) groups is 3. The van der Waals surface area contributed by atoms with E-state index in [1.54, 1.807) is 31.0 Å². The number of ether oxygens (including phenoxy) is 1. The molecule has 2 fully saturated rings. The summed E-state index contributed by atoms with van der Waals surface area (Å²) in [5.74, 6) is 0.172. The average Bonchev–Trinajstić information content (AvgIpc) is 3.58. The molecule has 0 aliphatic carbocycles. The third kappa shape index (κ3) is 8.22. The predicted octanol–water partition coefficient (Wildman–Crippen LogP) is 4.44. The first kappa shape index (κ1) is 35.0. The van der Waals surface area contributed by atoms with Gasteiger partial charge in [-0.3, -0.25) is 19.3 Å². The maximum atomic E-state index is 13.9. The zero-order valence-corrected chi connectivity index (χ0v) is 29.1. The molecule has 1 aromatic heterocycles. The van der Waals surface area contributed by atoms with Crippen LogP contribution in [0.2, 0.25) is 0 Å². The number of amides is 3. The second kappa shape index (κ2) is 15.3. The standard InChI is InChI=1S/C36H50N8O4/c1-23(37-5)33(45)42-31(36(2,3)4)35(47)44-18-10-11-29(44)34(46)41-28-19-26-27(20-30(28)48-6)38-22-39-32(26)40-25-14-12-24(13-15-25)21-43-16-8-7-9-17-43/h12-15,19-20,22-23,29,31,37H,7-11,16-18,21H2,1-6H3,(H,41,46)(H,42,45)(H,38,39,40)/t23-,29-,31+/m0/s1. The number of fused-ring (bicyclic) bond motifs is 1. The number of likely N-dealkylation sites (N-methyl/N-ethyl adjacent to an activating group) is 1. The monoisotopic (exact) mass is 658 g/mol. The zero-order chi connectivity index (χ0) is 34.4. The second-order valence-electron chi connectivity index (χ2n) is 13.9. The Hall–Kier alpha value is -4.29. The maximum Gasteiger partial charge on any atom is 0.247 e. The van der Waals surface area contributed by atoms with Crippen molar-refractivity contribution in [2.75, 3.05) is 44.4 Å². The van der Waals surface area contributed by atoms with E-state index in [4.69, 9.17) is 4.74 Å². The molecule has 2 aliphatic rings. The van der Waals surface area contributed by atoms with Gasteiger partial charge in [0.15, 0.2) is 0 Å². The van der Waals surface area contributed by atoms with Crippen molar-refractivity contribution in [3.05, 3.63) is 48.3 Å². The molecule has 0 spiro atoms. The molecule has 4 N–H and O–H groups in total. The van der Waals surface area contributed by atoms with Crippen LogP contribution < -0.4 is 26.0 Å². The molecule has 12 heteroatoms. The van der Waals surface area contributed by atoms with Gasteiger partial charge >= 0.3 is 0 Å². The first-order chi connectivity index (χ1) is 23.0. The molecule has 0 bridgehead atoms. The van der Waals surface area contributed by atoms with Crippen molar-refractivity contribution in [1.82, 2.24) is 30.4 Å². The van der Waals surface area contributed by atoms with Crippen LogP contribution in [0, 0.1) is 5.41 Å². The Balaban J connectivity index is 1.34. The van der Waals surface area contributed by atoms with E-state index >= 15 is 0 Å². The fourth-order valence-corrected chi connectivity index (χ4v) is 6.39. The summed E-state index contributed by atoms with van der Waals surface area (Å²) >= 11 is 0. The third-order valence-electron chi connectivity index (χ3n) is 9.35. The van der Waals surface area contributed by atoms with Gasteiger partial charge in [0.2, 0.25) is 17.7 Å². The van der Waals surface area contributed by atoms with Crippen molar-refractivity contribution in [1.29, 1.82) is 0 Å². The number of likely N-dealkylation sites (tertiary alicyclic amines) is 2. The molecule has 0 radical (unpaired) electrons. The fourth-order valence-electron chi connectivity index (χ4n) is 6.39. The van der Waals surface area contributed by atoms with Crippen molar-refractivity contribution in [2.45, 2.75) is 84.5 Å². The summed E-state index contributed by atoms with van der Waals surface area (Å²) in [7, 11) is 3.23.